The van der Waals surface area contributed by atoms with Crippen molar-refractivity contribution in [1.29, 1.82) is 0 Å². The normalized spacial score (nSPS) is 35.4. The third kappa shape index (κ3) is 2.92. The molecule has 0 aromatic carbocycles. The molecule has 2 aliphatic carbocycles. The van der Waals surface area contributed by atoms with E-state index in [2.05, 4.69) is 18.7 Å². The first-order chi connectivity index (χ1) is 9.62. The molecular formula is C18H33NO. The lowest BCUT2D eigenvalue weighted by Crippen LogP contribution is -2.52. The van der Waals surface area contributed by atoms with Crippen LogP contribution in [0.5, 0.6) is 0 Å². The second-order valence-corrected chi connectivity index (χ2v) is 8.10. The molecule has 0 N–H and O–H groups in total. The average molecular weight is 279 g/mol. The SMILES string of the molecule is COC1CC(N2CCC3(CCC(C(C)C)CC3)CC2)C1. The fourth-order valence-electron chi connectivity index (χ4n) is 4.81. The van der Waals surface area contributed by atoms with Gasteiger partial charge < -0.3 is 9.64 Å². The summed E-state index contributed by atoms with van der Waals surface area (Å²) in [5, 5.41) is 0. The minimum absolute atomic E-state index is 0.553. The van der Waals surface area contributed by atoms with Gasteiger partial charge in [0.05, 0.1) is 6.10 Å². The predicted molar refractivity (Wildman–Crippen MR) is 83.9 cm³/mol. The highest BCUT2D eigenvalue weighted by molar-refractivity contribution is 4.95. The molecule has 0 unspecified atom stereocenters. The van der Waals surface area contributed by atoms with E-state index in [-0.39, 0.29) is 0 Å². The second-order valence-electron chi connectivity index (χ2n) is 8.10. The molecule has 2 heteroatoms. The highest BCUT2D eigenvalue weighted by Crippen LogP contribution is 2.48. The molecule has 2 nitrogen and oxygen atoms in total. The van der Waals surface area contributed by atoms with E-state index in [1.165, 1.54) is 64.5 Å². The summed E-state index contributed by atoms with van der Waals surface area (Å²) >= 11 is 0. The summed E-state index contributed by atoms with van der Waals surface area (Å²) < 4.78 is 5.42. The molecule has 0 aromatic rings. The molecule has 0 bridgehead atoms. The first-order valence-corrected chi connectivity index (χ1v) is 8.89. The van der Waals surface area contributed by atoms with Gasteiger partial charge in [0.2, 0.25) is 0 Å². The summed E-state index contributed by atoms with van der Waals surface area (Å²) in [6.07, 6.45) is 12.0. The van der Waals surface area contributed by atoms with Crippen molar-refractivity contribution in [3.8, 4) is 0 Å². The number of methoxy groups -OCH3 is 1. The predicted octanol–water partition coefficient (Wildman–Crippen LogP) is 4.09. The van der Waals surface area contributed by atoms with Crippen LogP contribution in [0.4, 0.5) is 0 Å². The summed E-state index contributed by atoms with van der Waals surface area (Å²) in [4.78, 5) is 2.76. The Kier molecular flexibility index (Phi) is 4.42. The molecule has 0 amide bonds. The number of piperidine rings is 1. The number of rotatable bonds is 3. The Labute approximate surface area is 125 Å². The Bertz CT molecular complexity index is 303. The fourth-order valence-corrected chi connectivity index (χ4v) is 4.81. The first-order valence-electron chi connectivity index (χ1n) is 8.89. The van der Waals surface area contributed by atoms with Crippen LogP contribution in [0.15, 0.2) is 0 Å². The van der Waals surface area contributed by atoms with Crippen molar-refractivity contribution in [3.63, 3.8) is 0 Å². The minimum atomic E-state index is 0.553. The molecule has 3 fully saturated rings. The largest absolute Gasteiger partial charge is 0.381 e. The zero-order valence-corrected chi connectivity index (χ0v) is 13.7. The smallest absolute Gasteiger partial charge is 0.0601 e. The van der Waals surface area contributed by atoms with Crippen LogP contribution < -0.4 is 0 Å². The average Bonchev–Trinajstić information content (AvgIpc) is 2.40. The van der Waals surface area contributed by atoms with Gasteiger partial charge in [0, 0.05) is 13.2 Å². The van der Waals surface area contributed by atoms with Crippen molar-refractivity contribution in [2.24, 2.45) is 17.3 Å². The quantitative estimate of drug-likeness (QED) is 0.771. The maximum atomic E-state index is 5.42. The molecule has 1 spiro atoms. The van der Waals surface area contributed by atoms with Gasteiger partial charge in [-0.15, -0.1) is 0 Å². The van der Waals surface area contributed by atoms with Crippen molar-refractivity contribution in [2.75, 3.05) is 20.2 Å². The van der Waals surface area contributed by atoms with Crippen LogP contribution in [-0.2, 0) is 4.74 Å². The van der Waals surface area contributed by atoms with Gasteiger partial charge >= 0.3 is 0 Å². The molecule has 0 radical (unpaired) electrons. The van der Waals surface area contributed by atoms with Gasteiger partial charge in [0.25, 0.3) is 0 Å². The Morgan fingerprint density at radius 2 is 1.60 bits per heavy atom. The lowest BCUT2D eigenvalue weighted by atomic mass is 9.63. The summed E-state index contributed by atoms with van der Waals surface area (Å²) in [6, 6.07) is 0.837. The molecule has 3 aliphatic rings. The molecule has 1 saturated heterocycles. The summed E-state index contributed by atoms with van der Waals surface area (Å²) in [7, 11) is 1.86. The van der Waals surface area contributed by atoms with Crippen LogP contribution in [0.2, 0.25) is 0 Å². The summed E-state index contributed by atoms with van der Waals surface area (Å²) in [6.45, 7) is 7.53. The molecule has 0 atom stereocenters. The van der Waals surface area contributed by atoms with Crippen LogP contribution >= 0.6 is 0 Å². The van der Waals surface area contributed by atoms with E-state index in [0.29, 0.717) is 6.10 Å². The molecule has 1 heterocycles. The maximum Gasteiger partial charge on any atom is 0.0601 e. The molecular weight excluding hydrogens is 246 g/mol. The minimum Gasteiger partial charge on any atom is -0.381 e. The van der Waals surface area contributed by atoms with Crippen LogP contribution in [0.3, 0.4) is 0 Å². The topological polar surface area (TPSA) is 12.5 Å². The Morgan fingerprint density at radius 1 is 1.00 bits per heavy atom. The Balaban J connectivity index is 1.45. The molecule has 1 aliphatic heterocycles. The van der Waals surface area contributed by atoms with Crippen molar-refractivity contribution in [2.45, 2.75) is 77.4 Å². The third-order valence-electron chi connectivity index (χ3n) is 6.81. The molecule has 0 aromatic heterocycles. The van der Waals surface area contributed by atoms with Crippen LogP contribution in [0.25, 0.3) is 0 Å². The fraction of sp³-hybridized carbons (Fsp3) is 1.00. The number of nitrogens with zero attached hydrogens (tertiary/aromatic N) is 1. The summed E-state index contributed by atoms with van der Waals surface area (Å²) in [5.41, 5.74) is 0.728. The zero-order valence-electron chi connectivity index (χ0n) is 13.7. The van der Waals surface area contributed by atoms with Crippen molar-refractivity contribution in [3.05, 3.63) is 0 Å². The van der Waals surface area contributed by atoms with E-state index >= 15 is 0 Å². The molecule has 20 heavy (non-hydrogen) atoms. The second kappa shape index (κ2) is 5.96. The van der Waals surface area contributed by atoms with Gasteiger partial charge in [-0.05, 0) is 81.7 Å². The highest BCUT2D eigenvalue weighted by Gasteiger charge is 2.42. The van der Waals surface area contributed by atoms with Crippen molar-refractivity contribution >= 4 is 0 Å². The van der Waals surface area contributed by atoms with Crippen LogP contribution in [0.1, 0.15) is 65.2 Å². The van der Waals surface area contributed by atoms with E-state index in [9.17, 15) is 0 Å². The van der Waals surface area contributed by atoms with E-state index in [1.807, 2.05) is 7.11 Å². The van der Waals surface area contributed by atoms with Crippen LogP contribution in [-0.4, -0.2) is 37.2 Å². The van der Waals surface area contributed by atoms with E-state index in [4.69, 9.17) is 4.74 Å². The van der Waals surface area contributed by atoms with Gasteiger partial charge in [-0.1, -0.05) is 13.8 Å². The Morgan fingerprint density at radius 3 is 2.10 bits per heavy atom. The lowest BCUT2D eigenvalue weighted by Gasteiger charge is -2.51. The summed E-state index contributed by atoms with van der Waals surface area (Å²) in [5.74, 6) is 1.90. The zero-order chi connectivity index (χ0) is 14.2. The number of ether oxygens (including phenoxy) is 1. The molecule has 3 rings (SSSR count). The molecule has 2 saturated carbocycles. The number of hydrogen-bond acceptors (Lipinski definition) is 2. The van der Waals surface area contributed by atoms with Gasteiger partial charge in [0.15, 0.2) is 0 Å². The first kappa shape index (κ1) is 14.8. The van der Waals surface area contributed by atoms with Gasteiger partial charge in [0.1, 0.15) is 0 Å². The van der Waals surface area contributed by atoms with Gasteiger partial charge in [-0.3, -0.25) is 0 Å². The lowest BCUT2D eigenvalue weighted by molar-refractivity contribution is -0.0524. The number of likely N-dealkylation sites (tertiary alicyclic amines) is 1. The highest BCUT2D eigenvalue weighted by atomic mass is 16.5. The molecule has 116 valence electrons. The van der Waals surface area contributed by atoms with E-state index in [1.54, 1.807) is 0 Å². The Hall–Kier alpha value is -0.0800. The van der Waals surface area contributed by atoms with Gasteiger partial charge in [-0.25, -0.2) is 0 Å². The van der Waals surface area contributed by atoms with Crippen molar-refractivity contribution in [1.82, 2.24) is 4.90 Å². The van der Waals surface area contributed by atoms with Gasteiger partial charge in [-0.2, -0.15) is 0 Å². The van der Waals surface area contributed by atoms with E-state index in [0.717, 1.165) is 23.3 Å². The monoisotopic (exact) mass is 279 g/mol. The number of hydrogen-bond donors (Lipinski definition) is 0. The standard InChI is InChI=1S/C18H33NO/c1-14(2)15-4-6-18(7-5-15)8-10-19(11-9-18)16-12-17(13-16)20-3/h14-17H,4-13H2,1-3H3. The maximum absolute atomic E-state index is 5.42. The third-order valence-corrected chi connectivity index (χ3v) is 6.81. The van der Waals surface area contributed by atoms with Crippen LogP contribution in [0, 0.1) is 17.3 Å². The van der Waals surface area contributed by atoms with Crippen molar-refractivity contribution < 1.29 is 4.74 Å². The van der Waals surface area contributed by atoms with E-state index < -0.39 is 0 Å².